The largest absolute Gasteiger partial charge is 0.356 e. The second kappa shape index (κ2) is 5.19. The van der Waals surface area contributed by atoms with Crippen LogP contribution in [0.4, 0.5) is 5.13 Å². The summed E-state index contributed by atoms with van der Waals surface area (Å²) in [7, 11) is -2.96. The number of hydrogen-bond acceptors (Lipinski definition) is 5. The van der Waals surface area contributed by atoms with Gasteiger partial charge in [-0.25, -0.2) is 13.4 Å². The summed E-state index contributed by atoms with van der Waals surface area (Å²) in [4.78, 5) is 4.44. The molecular weight excluding hydrogens is 326 g/mol. The Morgan fingerprint density at radius 3 is 2.86 bits per heavy atom. The van der Waals surface area contributed by atoms with Crippen molar-refractivity contribution in [2.24, 2.45) is 0 Å². The van der Waals surface area contributed by atoms with Crippen molar-refractivity contribution in [2.75, 3.05) is 16.8 Å². The molecule has 21 heavy (non-hydrogen) atoms. The van der Waals surface area contributed by atoms with Crippen LogP contribution >= 0.6 is 23.6 Å². The van der Waals surface area contributed by atoms with Crippen LogP contribution in [0, 0.1) is 0 Å². The number of thiazole rings is 1. The molecule has 1 atom stereocenters. The van der Waals surface area contributed by atoms with Gasteiger partial charge < -0.3 is 10.6 Å². The van der Waals surface area contributed by atoms with Gasteiger partial charge in [0.25, 0.3) is 0 Å². The fourth-order valence-corrected chi connectivity index (χ4v) is 5.81. The Hall–Kier alpha value is -1.25. The summed E-state index contributed by atoms with van der Waals surface area (Å²) in [6, 6.07) is 7.84. The number of sulfone groups is 1. The van der Waals surface area contributed by atoms with Crippen LogP contribution in [0.2, 0.25) is 0 Å². The van der Waals surface area contributed by atoms with Crippen molar-refractivity contribution in [3.05, 3.63) is 24.3 Å². The van der Waals surface area contributed by atoms with Crippen LogP contribution in [0.5, 0.6) is 0 Å². The van der Waals surface area contributed by atoms with Crippen molar-refractivity contribution in [2.45, 2.75) is 18.9 Å². The zero-order chi connectivity index (χ0) is 15.1. The molecule has 1 aliphatic rings. The standard InChI is InChI=1S/C13H15N3O2S3/c1-13(6-7-21(17,18)8-13)16-11(19)15-12-14-9-4-2-3-5-10(9)20-12/h2-5H,6-8H2,1H3,(H2,14,15,16,19)/t13-/m0/s1. The molecule has 0 unspecified atom stereocenters. The molecule has 5 nitrogen and oxygen atoms in total. The molecule has 2 aromatic rings. The second-order valence-electron chi connectivity index (χ2n) is 5.47. The molecule has 0 spiro atoms. The molecule has 0 bridgehead atoms. The van der Waals surface area contributed by atoms with E-state index >= 15 is 0 Å². The third-order valence-corrected chi connectivity index (χ3v) is 6.49. The number of nitrogens with one attached hydrogen (secondary N) is 2. The minimum atomic E-state index is -2.96. The summed E-state index contributed by atoms with van der Waals surface area (Å²) in [5.41, 5.74) is 0.419. The van der Waals surface area contributed by atoms with Crippen LogP contribution in [0.3, 0.4) is 0 Å². The smallest absolute Gasteiger partial charge is 0.190 e. The first kappa shape index (κ1) is 14.7. The number of para-hydroxylation sites is 1. The Labute approximate surface area is 132 Å². The Morgan fingerprint density at radius 2 is 2.19 bits per heavy atom. The monoisotopic (exact) mass is 341 g/mol. The lowest BCUT2D eigenvalue weighted by molar-refractivity contribution is 0.474. The number of nitrogens with zero attached hydrogens (tertiary/aromatic N) is 1. The summed E-state index contributed by atoms with van der Waals surface area (Å²) in [6.45, 7) is 1.88. The van der Waals surface area contributed by atoms with E-state index in [9.17, 15) is 8.42 Å². The summed E-state index contributed by atoms with van der Waals surface area (Å²) in [5, 5.41) is 7.27. The minimum Gasteiger partial charge on any atom is -0.356 e. The van der Waals surface area contributed by atoms with E-state index in [0.717, 1.165) is 10.2 Å². The van der Waals surface area contributed by atoms with Crippen molar-refractivity contribution >= 4 is 53.9 Å². The lowest BCUT2D eigenvalue weighted by atomic mass is 10.0. The maximum atomic E-state index is 11.6. The highest BCUT2D eigenvalue weighted by Gasteiger charge is 2.38. The number of hydrogen-bond donors (Lipinski definition) is 2. The van der Waals surface area contributed by atoms with Gasteiger partial charge in [0.1, 0.15) is 0 Å². The molecule has 3 rings (SSSR count). The van der Waals surface area contributed by atoms with E-state index in [1.807, 2.05) is 31.2 Å². The van der Waals surface area contributed by atoms with E-state index in [4.69, 9.17) is 12.2 Å². The quantitative estimate of drug-likeness (QED) is 0.816. The fourth-order valence-electron chi connectivity index (χ4n) is 2.44. The van der Waals surface area contributed by atoms with Gasteiger partial charge in [0.15, 0.2) is 20.1 Å². The van der Waals surface area contributed by atoms with Crippen molar-refractivity contribution in [1.29, 1.82) is 0 Å². The van der Waals surface area contributed by atoms with E-state index in [2.05, 4.69) is 15.6 Å². The van der Waals surface area contributed by atoms with Crippen LogP contribution in [0.1, 0.15) is 13.3 Å². The predicted octanol–water partition coefficient (Wildman–Crippen LogP) is 2.16. The summed E-state index contributed by atoms with van der Waals surface area (Å²) in [5.74, 6) is 0.321. The molecule has 1 fully saturated rings. The average Bonchev–Trinajstić information content (AvgIpc) is 2.88. The molecule has 2 N–H and O–H groups in total. The molecule has 1 aromatic carbocycles. The van der Waals surface area contributed by atoms with E-state index in [0.29, 0.717) is 16.7 Å². The minimum absolute atomic E-state index is 0.113. The molecule has 8 heteroatoms. The highest BCUT2D eigenvalue weighted by Crippen LogP contribution is 2.26. The lowest BCUT2D eigenvalue weighted by Crippen LogP contribution is -2.48. The molecular formula is C13H15N3O2S3. The fraction of sp³-hybridized carbons (Fsp3) is 0.385. The van der Waals surface area contributed by atoms with Gasteiger partial charge in [0.2, 0.25) is 0 Å². The first-order chi connectivity index (χ1) is 9.85. The van der Waals surface area contributed by atoms with E-state index in [-0.39, 0.29) is 11.5 Å². The van der Waals surface area contributed by atoms with Gasteiger partial charge in [-0.05, 0) is 37.7 Å². The van der Waals surface area contributed by atoms with Crippen molar-refractivity contribution < 1.29 is 8.42 Å². The number of thiocarbonyl (C=S) groups is 1. The summed E-state index contributed by atoms with van der Waals surface area (Å²) < 4.78 is 24.3. The molecule has 0 aliphatic carbocycles. The molecule has 1 aromatic heterocycles. The maximum Gasteiger partial charge on any atom is 0.190 e. The second-order valence-corrected chi connectivity index (χ2v) is 9.09. The molecule has 0 radical (unpaired) electrons. The number of aromatic nitrogens is 1. The Balaban J connectivity index is 1.69. The summed E-state index contributed by atoms with van der Waals surface area (Å²) >= 11 is 6.79. The Kier molecular flexibility index (Phi) is 3.62. The number of anilines is 1. The molecule has 1 saturated heterocycles. The SMILES string of the molecule is C[C@]1(NC(=S)Nc2nc3ccccc3s2)CCS(=O)(=O)C1. The third-order valence-electron chi connectivity index (χ3n) is 3.43. The van der Waals surface area contributed by atoms with Gasteiger partial charge >= 0.3 is 0 Å². The van der Waals surface area contributed by atoms with E-state index in [1.165, 1.54) is 11.3 Å². The first-order valence-corrected chi connectivity index (χ1v) is 9.55. The normalized spacial score (nSPS) is 24.0. The number of rotatable bonds is 2. The zero-order valence-corrected chi connectivity index (χ0v) is 13.9. The highest BCUT2D eigenvalue weighted by atomic mass is 32.2. The molecule has 2 heterocycles. The average molecular weight is 341 g/mol. The topological polar surface area (TPSA) is 71.1 Å². The molecule has 1 aliphatic heterocycles. The van der Waals surface area contributed by atoms with Crippen LogP contribution in [-0.4, -0.2) is 35.6 Å². The van der Waals surface area contributed by atoms with Crippen LogP contribution in [0.15, 0.2) is 24.3 Å². The van der Waals surface area contributed by atoms with Gasteiger partial charge in [0, 0.05) is 0 Å². The van der Waals surface area contributed by atoms with Gasteiger partial charge in [0.05, 0.1) is 27.3 Å². The molecule has 0 amide bonds. The van der Waals surface area contributed by atoms with E-state index in [1.54, 1.807) is 0 Å². The Bertz CT molecular complexity index is 767. The van der Waals surface area contributed by atoms with Crippen molar-refractivity contribution in [3.8, 4) is 0 Å². The van der Waals surface area contributed by atoms with E-state index < -0.39 is 15.4 Å². The van der Waals surface area contributed by atoms with Gasteiger partial charge in [-0.3, -0.25) is 0 Å². The number of fused-ring (bicyclic) bond motifs is 1. The van der Waals surface area contributed by atoms with Gasteiger partial charge in [-0.2, -0.15) is 0 Å². The zero-order valence-electron chi connectivity index (χ0n) is 11.4. The maximum absolute atomic E-state index is 11.6. The molecule has 0 saturated carbocycles. The third kappa shape index (κ3) is 3.33. The van der Waals surface area contributed by atoms with Crippen LogP contribution in [-0.2, 0) is 9.84 Å². The predicted molar refractivity (Wildman–Crippen MR) is 90.7 cm³/mol. The van der Waals surface area contributed by atoms with Crippen LogP contribution in [0.25, 0.3) is 10.2 Å². The number of benzene rings is 1. The van der Waals surface area contributed by atoms with Gasteiger partial charge in [-0.1, -0.05) is 23.5 Å². The summed E-state index contributed by atoms with van der Waals surface area (Å²) in [6.07, 6.45) is 0.566. The van der Waals surface area contributed by atoms with Gasteiger partial charge in [-0.15, -0.1) is 0 Å². The Morgan fingerprint density at radius 1 is 1.43 bits per heavy atom. The van der Waals surface area contributed by atoms with Crippen molar-refractivity contribution in [3.63, 3.8) is 0 Å². The van der Waals surface area contributed by atoms with Crippen molar-refractivity contribution in [1.82, 2.24) is 10.3 Å². The highest BCUT2D eigenvalue weighted by molar-refractivity contribution is 7.91. The van der Waals surface area contributed by atoms with Crippen LogP contribution < -0.4 is 10.6 Å². The lowest BCUT2D eigenvalue weighted by Gasteiger charge is -2.25. The molecule has 112 valence electrons. The first-order valence-electron chi connectivity index (χ1n) is 6.50.